The molecule has 1 aromatic rings. The van der Waals surface area contributed by atoms with Gasteiger partial charge < -0.3 is 0 Å². The molecule has 2 heteroatoms. The Morgan fingerprint density at radius 2 is 1.42 bits per heavy atom. The summed E-state index contributed by atoms with van der Waals surface area (Å²) in [5, 5.41) is 0. The van der Waals surface area contributed by atoms with E-state index in [0.29, 0.717) is 0 Å². The van der Waals surface area contributed by atoms with Gasteiger partial charge in [0.05, 0.1) is 12.2 Å². The number of hydrogen-bond donors (Lipinski definition) is 0. The maximum Gasteiger partial charge on any atom is 0.204 e. The van der Waals surface area contributed by atoms with Gasteiger partial charge in [0.1, 0.15) is 0 Å². The molecule has 110 valence electrons. The largest absolute Gasteiger partial charge is 0.204 e. The van der Waals surface area contributed by atoms with Crippen LogP contribution >= 0.6 is 0 Å². The minimum atomic E-state index is 1.17. The first-order valence-electron chi connectivity index (χ1n) is 8.20. The summed E-state index contributed by atoms with van der Waals surface area (Å²) in [6.45, 7) is 7.84. The van der Waals surface area contributed by atoms with Crippen LogP contribution in [0.25, 0.3) is 0 Å². The summed E-state index contributed by atoms with van der Waals surface area (Å²) in [7, 11) is 2.16. The van der Waals surface area contributed by atoms with E-state index in [-0.39, 0.29) is 0 Å². The highest BCUT2D eigenvalue weighted by Gasteiger charge is 2.11. The van der Waals surface area contributed by atoms with Crippen LogP contribution in [-0.4, -0.2) is 4.68 Å². The molecule has 0 spiro atoms. The van der Waals surface area contributed by atoms with E-state index in [4.69, 9.17) is 0 Å². The Labute approximate surface area is 119 Å². The summed E-state index contributed by atoms with van der Waals surface area (Å²) >= 11 is 0. The Bertz CT molecular complexity index is 352. The van der Waals surface area contributed by atoms with Gasteiger partial charge in [0, 0.05) is 13.0 Å². The zero-order valence-electron chi connectivity index (χ0n) is 13.5. The van der Waals surface area contributed by atoms with Gasteiger partial charge in [-0.2, -0.15) is 4.68 Å². The summed E-state index contributed by atoms with van der Waals surface area (Å²) in [6, 6.07) is 2.27. The SMILES string of the molecule is CCCCCCCCCCCn1c(C)cc(C)[n+]1C. The van der Waals surface area contributed by atoms with E-state index in [1.54, 1.807) is 0 Å². The van der Waals surface area contributed by atoms with Crippen molar-refractivity contribution in [2.45, 2.75) is 85.1 Å². The first-order chi connectivity index (χ1) is 9.16. The third kappa shape index (κ3) is 5.80. The predicted molar refractivity (Wildman–Crippen MR) is 82.3 cm³/mol. The van der Waals surface area contributed by atoms with Crippen molar-refractivity contribution in [3.63, 3.8) is 0 Å². The Morgan fingerprint density at radius 1 is 0.895 bits per heavy atom. The predicted octanol–water partition coefficient (Wildman–Crippen LogP) is 4.46. The molecule has 0 bridgehead atoms. The highest BCUT2D eigenvalue weighted by atomic mass is 15.4. The maximum absolute atomic E-state index is 2.40. The molecular weight excluding hydrogens is 232 g/mol. The van der Waals surface area contributed by atoms with Crippen LogP contribution in [0, 0.1) is 13.8 Å². The van der Waals surface area contributed by atoms with Gasteiger partial charge in [-0.25, -0.2) is 0 Å². The van der Waals surface area contributed by atoms with Crippen LogP contribution in [0.1, 0.15) is 76.1 Å². The number of unbranched alkanes of at least 4 members (excludes halogenated alkanes) is 8. The van der Waals surface area contributed by atoms with Gasteiger partial charge in [-0.1, -0.05) is 58.3 Å². The second-order valence-electron chi connectivity index (χ2n) is 5.90. The van der Waals surface area contributed by atoms with Crippen LogP contribution < -0.4 is 4.68 Å². The Kier molecular flexibility index (Phi) is 7.85. The summed E-state index contributed by atoms with van der Waals surface area (Å²) in [6.07, 6.45) is 12.6. The van der Waals surface area contributed by atoms with Gasteiger partial charge >= 0.3 is 0 Å². The Hall–Kier alpha value is -0.790. The molecule has 0 saturated heterocycles. The summed E-state index contributed by atoms with van der Waals surface area (Å²) in [5.74, 6) is 0. The van der Waals surface area contributed by atoms with Gasteiger partial charge in [0.2, 0.25) is 5.69 Å². The van der Waals surface area contributed by atoms with Gasteiger partial charge in [0.25, 0.3) is 0 Å². The van der Waals surface area contributed by atoms with Crippen molar-refractivity contribution in [1.29, 1.82) is 0 Å². The molecule has 0 radical (unpaired) electrons. The van der Waals surface area contributed by atoms with Crippen LogP contribution in [0.15, 0.2) is 6.07 Å². The monoisotopic (exact) mass is 265 g/mol. The molecule has 0 N–H and O–H groups in total. The second kappa shape index (κ2) is 9.17. The van der Waals surface area contributed by atoms with Crippen molar-refractivity contribution < 1.29 is 4.68 Å². The first kappa shape index (κ1) is 16.3. The third-order valence-electron chi connectivity index (χ3n) is 4.17. The van der Waals surface area contributed by atoms with Crippen molar-refractivity contribution in [3.05, 3.63) is 17.5 Å². The first-order valence-corrected chi connectivity index (χ1v) is 8.20. The maximum atomic E-state index is 2.40. The zero-order chi connectivity index (χ0) is 14.1. The molecule has 0 aliphatic heterocycles. The molecule has 0 amide bonds. The van der Waals surface area contributed by atoms with E-state index in [9.17, 15) is 0 Å². The molecule has 0 aliphatic carbocycles. The third-order valence-corrected chi connectivity index (χ3v) is 4.17. The average molecular weight is 265 g/mol. The molecular formula is C17H33N2+. The van der Waals surface area contributed by atoms with Crippen molar-refractivity contribution in [2.24, 2.45) is 7.05 Å². The molecule has 0 aliphatic rings. The lowest BCUT2D eigenvalue weighted by Crippen LogP contribution is -2.41. The highest BCUT2D eigenvalue weighted by Crippen LogP contribution is 2.10. The molecule has 0 atom stereocenters. The van der Waals surface area contributed by atoms with Crippen LogP contribution in [-0.2, 0) is 13.6 Å². The van der Waals surface area contributed by atoms with Crippen molar-refractivity contribution in [1.82, 2.24) is 4.68 Å². The number of rotatable bonds is 10. The van der Waals surface area contributed by atoms with E-state index < -0.39 is 0 Å². The van der Waals surface area contributed by atoms with E-state index in [1.807, 2.05) is 0 Å². The lowest BCUT2D eigenvalue weighted by atomic mass is 10.1. The van der Waals surface area contributed by atoms with Crippen LogP contribution in [0.4, 0.5) is 0 Å². The smallest absolute Gasteiger partial charge is 0.158 e. The highest BCUT2D eigenvalue weighted by molar-refractivity contribution is 5.01. The molecule has 19 heavy (non-hydrogen) atoms. The molecule has 2 nitrogen and oxygen atoms in total. The molecule has 1 heterocycles. The number of nitrogens with zero attached hydrogens (tertiary/aromatic N) is 2. The quantitative estimate of drug-likeness (QED) is 0.436. The minimum Gasteiger partial charge on any atom is -0.158 e. The molecule has 1 rings (SSSR count). The standard InChI is InChI=1S/C17H33N2/c1-5-6-7-8-9-10-11-12-13-14-19-17(3)15-16(2)18(19)4/h15H,5-14H2,1-4H3/q+1. The summed E-state index contributed by atoms with van der Waals surface area (Å²) in [5.41, 5.74) is 2.74. The van der Waals surface area contributed by atoms with Crippen molar-refractivity contribution >= 4 is 0 Å². The zero-order valence-corrected chi connectivity index (χ0v) is 13.5. The van der Waals surface area contributed by atoms with E-state index in [1.165, 1.54) is 75.7 Å². The fourth-order valence-electron chi connectivity index (χ4n) is 2.80. The molecule has 0 aromatic carbocycles. The molecule has 0 unspecified atom stereocenters. The fourth-order valence-corrected chi connectivity index (χ4v) is 2.80. The summed E-state index contributed by atoms with van der Waals surface area (Å²) in [4.78, 5) is 0. The van der Waals surface area contributed by atoms with Gasteiger partial charge in [-0.15, -0.1) is 4.68 Å². The van der Waals surface area contributed by atoms with Gasteiger partial charge in [-0.3, -0.25) is 0 Å². The summed E-state index contributed by atoms with van der Waals surface area (Å²) < 4.78 is 4.68. The van der Waals surface area contributed by atoms with E-state index >= 15 is 0 Å². The fraction of sp³-hybridized carbons (Fsp3) is 0.824. The number of aromatic nitrogens is 2. The number of aryl methyl sites for hydroxylation is 2. The molecule has 0 fully saturated rings. The van der Waals surface area contributed by atoms with Crippen LogP contribution in [0.2, 0.25) is 0 Å². The molecule has 0 saturated carbocycles. The lowest BCUT2D eigenvalue weighted by molar-refractivity contribution is -0.759. The van der Waals surface area contributed by atoms with E-state index in [0.717, 1.165) is 0 Å². The van der Waals surface area contributed by atoms with E-state index in [2.05, 4.69) is 43.2 Å². The van der Waals surface area contributed by atoms with Crippen LogP contribution in [0.5, 0.6) is 0 Å². The Morgan fingerprint density at radius 3 is 1.89 bits per heavy atom. The van der Waals surface area contributed by atoms with Gasteiger partial charge in [-0.05, 0) is 13.3 Å². The average Bonchev–Trinajstić information content (AvgIpc) is 2.63. The lowest BCUT2D eigenvalue weighted by Gasteiger charge is -2.04. The van der Waals surface area contributed by atoms with Crippen molar-refractivity contribution in [3.8, 4) is 0 Å². The van der Waals surface area contributed by atoms with Crippen LogP contribution in [0.3, 0.4) is 0 Å². The Balaban J connectivity index is 2.05. The molecule has 1 aromatic heterocycles. The topological polar surface area (TPSA) is 8.81 Å². The van der Waals surface area contributed by atoms with Gasteiger partial charge in [0.15, 0.2) is 7.05 Å². The second-order valence-corrected chi connectivity index (χ2v) is 5.90. The normalized spacial score (nSPS) is 11.2. The number of hydrogen-bond acceptors (Lipinski definition) is 0. The van der Waals surface area contributed by atoms with Crippen molar-refractivity contribution in [2.75, 3.05) is 0 Å². The minimum absolute atomic E-state index is 1.17.